The van der Waals surface area contributed by atoms with E-state index in [4.69, 9.17) is 15.0 Å². The molecule has 0 aliphatic heterocycles. The summed E-state index contributed by atoms with van der Waals surface area (Å²) in [6.45, 7) is 10.0. The van der Waals surface area contributed by atoms with Crippen LogP contribution in [0.5, 0.6) is 5.75 Å². The van der Waals surface area contributed by atoms with Gasteiger partial charge in [0.1, 0.15) is 5.75 Å². The van der Waals surface area contributed by atoms with Crippen molar-refractivity contribution in [3.05, 3.63) is 41.5 Å². The van der Waals surface area contributed by atoms with Crippen LogP contribution in [0.3, 0.4) is 0 Å². The van der Waals surface area contributed by atoms with Crippen LogP contribution in [0.25, 0.3) is 0 Å². The molecule has 114 valence electrons. The molecule has 1 heterocycles. The Morgan fingerprint density at radius 2 is 1.95 bits per heavy atom. The zero-order valence-corrected chi connectivity index (χ0v) is 13.3. The van der Waals surface area contributed by atoms with E-state index in [-0.39, 0.29) is 11.5 Å². The van der Waals surface area contributed by atoms with Gasteiger partial charge in [-0.15, -0.1) is 0 Å². The molecular weight excluding hydrogens is 266 g/mol. The fraction of sp³-hybridized carbons (Fsp3) is 0.500. The number of aromatic nitrogens is 2. The minimum Gasteiger partial charge on any atom is -0.491 e. The third kappa shape index (κ3) is 3.82. The van der Waals surface area contributed by atoms with Gasteiger partial charge in [-0.25, -0.2) is 0 Å². The Bertz CT molecular complexity index is 600. The summed E-state index contributed by atoms with van der Waals surface area (Å²) in [6, 6.07) is 7.24. The van der Waals surface area contributed by atoms with Crippen LogP contribution in [0, 0.1) is 0 Å². The first-order valence-electron chi connectivity index (χ1n) is 7.13. The van der Waals surface area contributed by atoms with E-state index in [1.165, 1.54) is 0 Å². The molecule has 1 aromatic carbocycles. The summed E-state index contributed by atoms with van der Waals surface area (Å²) in [6.07, 6.45) is 0.120. The van der Waals surface area contributed by atoms with Crippen LogP contribution < -0.4 is 10.5 Å². The van der Waals surface area contributed by atoms with Crippen molar-refractivity contribution in [2.75, 3.05) is 0 Å². The summed E-state index contributed by atoms with van der Waals surface area (Å²) in [5.74, 6) is 1.86. The standard InChI is InChI=1S/C16H23N3O2/c1-10(2)20-12-8-6-7-11(9-12)13(17)14-18-15(21-19-14)16(3,4)5/h6-10,13H,17H2,1-5H3. The van der Waals surface area contributed by atoms with Gasteiger partial charge in [-0.3, -0.25) is 0 Å². The van der Waals surface area contributed by atoms with Crippen LogP contribution in [-0.4, -0.2) is 16.2 Å². The average Bonchev–Trinajstić information content (AvgIpc) is 2.86. The fourth-order valence-electron chi connectivity index (χ4n) is 1.87. The lowest BCUT2D eigenvalue weighted by atomic mass is 9.97. The van der Waals surface area contributed by atoms with Gasteiger partial charge in [-0.05, 0) is 31.5 Å². The second kappa shape index (κ2) is 5.85. The number of nitrogens with zero attached hydrogens (tertiary/aromatic N) is 2. The Hall–Kier alpha value is -1.88. The maximum absolute atomic E-state index is 6.23. The van der Waals surface area contributed by atoms with Crippen molar-refractivity contribution in [1.29, 1.82) is 0 Å². The summed E-state index contributed by atoms with van der Waals surface area (Å²) in [7, 11) is 0. The predicted molar refractivity (Wildman–Crippen MR) is 81.2 cm³/mol. The molecule has 2 rings (SSSR count). The molecule has 0 radical (unpaired) electrons. The van der Waals surface area contributed by atoms with E-state index in [1.54, 1.807) is 0 Å². The third-order valence-electron chi connectivity index (χ3n) is 2.95. The molecule has 21 heavy (non-hydrogen) atoms. The van der Waals surface area contributed by atoms with Gasteiger partial charge in [0.25, 0.3) is 0 Å². The zero-order chi connectivity index (χ0) is 15.6. The van der Waals surface area contributed by atoms with Gasteiger partial charge in [0, 0.05) is 5.41 Å². The second-order valence-electron chi connectivity index (χ2n) is 6.42. The lowest BCUT2D eigenvalue weighted by Crippen LogP contribution is -2.16. The molecule has 0 fully saturated rings. The highest BCUT2D eigenvalue weighted by atomic mass is 16.5. The van der Waals surface area contributed by atoms with Crippen molar-refractivity contribution in [2.24, 2.45) is 5.73 Å². The van der Waals surface area contributed by atoms with Crippen molar-refractivity contribution in [3.8, 4) is 5.75 Å². The molecule has 1 unspecified atom stereocenters. The number of rotatable bonds is 4. The van der Waals surface area contributed by atoms with Crippen LogP contribution in [0.1, 0.15) is 57.9 Å². The van der Waals surface area contributed by atoms with Crippen LogP contribution in [0.15, 0.2) is 28.8 Å². The number of ether oxygens (including phenoxy) is 1. The molecule has 0 aliphatic rings. The minimum absolute atomic E-state index is 0.120. The van der Waals surface area contributed by atoms with Crippen LogP contribution >= 0.6 is 0 Å². The largest absolute Gasteiger partial charge is 0.491 e. The molecule has 0 aliphatic carbocycles. The van der Waals surface area contributed by atoms with Crippen molar-refractivity contribution in [1.82, 2.24) is 10.1 Å². The van der Waals surface area contributed by atoms with Crippen LogP contribution in [-0.2, 0) is 5.41 Å². The lowest BCUT2D eigenvalue weighted by Gasteiger charge is -2.13. The number of hydrogen-bond donors (Lipinski definition) is 1. The number of hydrogen-bond acceptors (Lipinski definition) is 5. The Kier molecular flexibility index (Phi) is 4.32. The van der Waals surface area contributed by atoms with Gasteiger partial charge in [0.15, 0.2) is 5.82 Å². The van der Waals surface area contributed by atoms with E-state index in [0.717, 1.165) is 11.3 Å². The summed E-state index contributed by atoms with van der Waals surface area (Å²) >= 11 is 0. The Balaban J connectivity index is 2.23. The van der Waals surface area contributed by atoms with E-state index >= 15 is 0 Å². The molecule has 0 saturated carbocycles. The summed E-state index contributed by atoms with van der Waals surface area (Å²) in [5.41, 5.74) is 6.94. The van der Waals surface area contributed by atoms with Gasteiger partial charge >= 0.3 is 0 Å². The first kappa shape index (κ1) is 15.5. The molecule has 0 bridgehead atoms. The minimum atomic E-state index is -0.430. The fourth-order valence-corrected chi connectivity index (χ4v) is 1.87. The quantitative estimate of drug-likeness (QED) is 0.935. The molecule has 1 atom stereocenters. The highest BCUT2D eigenvalue weighted by Gasteiger charge is 2.24. The molecular formula is C16H23N3O2. The van der Waals surface area contributed by atoms with Gasteiger partial charge < -0.3 is 15.0 Å². The van der Waals surface area contributed by atoms with E-state index in [0.29, 0.717) is 11.7 Å². The van der Waals surface area contributed by atoms with Gasteiger partial charge in [0.2, 0.25) is 5.89 Å². The Morgan fingerprint density at radius 1 is 1.24 bits per heavy atom. The predicted octanol–water partition coefficient (Wildman–Crippen LogP) is 3.20. The van der Waals surface area contributed by atoms with Gasteiger partial charge in [-0.1, -0.05) is 38.1 Å². The molecule has 0 spiro atoms. The Labute approximate surface area is 125 Å². The van der Waals surface area contributed by atoms with Crippen LogP contribution in [0.2, 0.25) is 0 Å². The maximum atomic E-state index is 6.23. The number of benzene rings is 1. The van der Waals surface area contributed by atoms with Gasteiger partial charge in [0.05, 0.1) is 12.1 Å². The summed E-state index contributed by atoms with van der Waals surface area (Å²) in [4.78, 5) is 4.40. The summed E-state index contributed by atoms with van der Waals surface area (Å²) < 4.78 is 11.0. The SMILES string of the molecule is CC(C)Oc1cccc(C(N)c2noc(C(C)(C)C)n2)c1. The molecule has 2 N–H and O–H groups in total. The zero-order valence-electron chi connectivity index (χ0n) is 13.3. The topological polar surface area (TPSA) is 74.2 Å². The summed E-state index contributed by atoms with van der Waals surface area (Å²) in [5, 5.41) is 4.00. The first-order valence-corrected chi connectivity index (χ1v) is 7.13. The average molecular weight is 289 g/mol. The molecule has 0 saturated heterocycles. The Morgan fingerprint density at radius 3 is 2.52 bits per heavy atom. The van der Waals surface area contributed by atoms with E-state index in [1.807, 2.05) is 58.9 Å². The van der Waals surface area contributed by atoms with Crippen molar-refractivity contribution < 1.29 is 9.26 Å². The first-order chi connectivity index (χ1) is 9.77. The molecule has 2 aromatic rings. The van der Waals surface area contributed by atoms with E-state index in [2.05, 4.69) is 10.1 Å². The normalized spacial score (nSPS) is 13.5. The lowest BCUT2D eigenvalue weighted by molar-refractivity contribution is 0.242. The van der Waals surface area contributed by atoms with Crippen molar-refractivity contribution in [3.63, 3.8) is 0 Å². The molecule has 5 heteroatoms. The molecule has 1 aromatic heterocycles. The van der Waals surface area contributed by atoms with Gasteiger partial charge in [-0.2, -0.15) is 4.98 Å². The smallest absolute Gasteiger partial charge is 0.232 e. The molecule has 0 amide bonds. The van der Waals surface area contributed by atoms with Crippen molar-refractivity contribution >= 4 is 0 Å². The van der Waals surface area contributed by atoms with Crippen molar-refractivity contribution in [2.45, 2.75) is 52.2 Å². The maximum Gasteiger partial charge on any atom is 0.232 e. The highest BCUT2D eigenvalue weighted by molar-refractivity contribution is 5.33. The number of nitrogens with two attached hydrogens (primary N) is 1. The molecule has 5 nitrogen and oxygen atoms in total. The highest BCUT2D eigenvalue weighted by Crippen LogP contribution is 2.25. The van der Waals surface area contributed by atoms with E-state index in [9.17, 15) is 0 Å². The monoisotopic (exact) mass is 289 g/mol. The van der Waals surface area contributed by atoms with E-state index < -0.39 is 6.04 Å². The third-order valence-corrected chi connectivity index (χ3v) is 2.95. The second-order valence-corrected chi connectivity index (χ2v) is 6.42. The van der Waals surface area contributed by atoms with Crippen LogP contribution in [0.4, 0.5) is 0 Å².